The summed E-state index contributed by atoms with van der Waals surface area (Å²) in [7, 11) is 0. The lowest BCUT2D eigenvalue weighted by molar-refractivity contribution is -0.516. The van der Waals surface area contributed by atoms with E-state index in [-0.39, 0.29) is 11.0 Å². The van der Waals surface area contributed by atoms with Crippen molar-refractivity contribution in [3.8, 4) is 0 Å². The summed E-state index contributed by atoms with van der Waals surface area (Å²) in [6, 6.07) is 0. The van der Waals surface area contributed by atoms with E-state index in [1.165, 1.54) is 83.5 Å². The highest BCUT2D eigenvalue weighted by molar-refractivity contribution is 4.75. The largest absolute Gasteiger partial charge is 0.342 e. The van der Waals surface area contributed by atoms with Crippen LogP contribution in [0.5, 0.6) is 0 Å². The fourth-order valence-corrected chi connectivity index (χ4v) is 3.07. The Bertz CT molecular complexity index is 284. The predicted molar refractivity (Wildman–Crippen MR) is 90.6 cm³/mol. The Morgan fingerprint density at radius 2 is 1.18 bits per heavy atom. The van der Waals surface area contributed by atoms with E-state index in [9.17, 15) is 10.1 Å². The Labute approximate surface area is 136 Å². The lowest BCUT2D eigenvalue weighted by Crippen LogP contribution is -2.06. The molecule has 22 heavy (non-hydrogen) atoms. The molecule has 0 aromatic heterocycles. The van der Waals surface area contributed by atoms with Gasteiger partial charge in [-0.25, -0.2) is 0 Å². The summed E-state index contributed by atoms with van der Waals surface area (Å²) in [5.41, 5.74) is 0. The van der Waals surface area contributed by atoms with E-state index in [0.29, 0.717) is 0 Å². The molecule has 0 amide bonds. The zero-order chi connectivity index (χ0) is 16.0. The summed E-state index contributed by atoms with van der Waals surface area (Å²) in [6.45, 7) is 2.27. The normalized spacial score (nSPS) is 20.2. The molecule has 0 spiro atoms. The van der Waals surface area contributed by atoms with Crippen molar-refractivity contribution < 1.29 is 9.66 Å². The lowest BCUT2D eigenvalue weighted by Gasteiger charge is -2.02. The average Bonchev–Trinajstić information content (AvgIpc) is 3.27. The Morgan fingerprint density at radius 1 is 0.773 bits per heavy atom. The molecule has 130 valence electrons. The van der Waals surface area contributed by atoms with Gasteiger partial charge in [0.25, 0.3) is 0 Å². The van der Waals surface area contributed by atoms with Crippen LogP contribution in [-0.4, -0.2) is 17.3 Å². The first-order valence-corrected chi connectivity index (χ1v) is 9.54. The van der Waals surface area contributed by atoms with Crippen molar-refractivity contribution in [2.24, 2.45) is 0 Å². The third-order valence-electron chi connectivity index (χ3n) is 4.61. The molecule has 0 aliphatic carbocycles. The van der Waals surface area contributed by atoms with Crippen LogP contribution < -0.4 is 0 Å². The van der Waals surface area contributed by atoms with Gasteiger partial charge in [0.1, 0.15) is 0 Å². The maximum atomic E-state index is 10.4. The van der Waals surface area contributed by atoms with Gasteiger partial charge >= 0.3 is 6.23 Å². The number of hydrogen-bond acceptors (Lipinski definition) is 3. The van der Waals surface area contributed by atoms with Gasteiger partial charge in [-0.2, -0.15) is 0 Å². The maximum Gasteiger partial charge on any atom is 0.342 e. The number of nitro groups is 1. The molecule has 1 heterocycles. The van der Waals surface area contributed by atoms with Crippen LogP contribution in [0, 0.1) is 10.1 Å². The zero-order valence-electron chi connectivity index (χ0n) is 14.4. The minimum absolute atomic E-state index is 0.0904. The van der Waals surface area contributed by atoms with E-state index in [2.05, 4.69) is 6.92 Å². The van der Waals surface area contributed by atoms with Crippen molar-refractivity contribution in [3.63, 3.8) is 0 Å². The second kappa shape index (κ2) is 12.9. The topological polar surface area (TPSA) is 55.7 Å². The van der Waals surface area contributed by atoms with E-state index in [1.54, 1.807) is 0 Å². The van der Waals surface area contributed by atoms with Gasteiger partial charge in [0.2, 0.25) is 0 Å². The lowest BCUT2D eigenvalue weighted by atomic mass is 10.0. The molecule has 0 saturated carbocycles. The van der Waals surface area contributed by atoms with Gasteiger partial charge in [0.05, 0.1) is 4.92 Å². The Kier molecular flexibility index (Phi) is 11.3. The fourth-order valence-electron chi connectivity index (χ4n) is 3.07. The standard InChI is InChI=1S/C18H35NO3/c1-2-3-4-5-6-7-8-9-10-11-12-13-14-15-16-17-18(22-17)19(20)21/h17-18H,2-16H2,1H3. The average molecular weight is 313 g/mol. The van der Waals surface area contributed by atoms with E-state index in [1.807, 2.05) is 0 Å². The summed E-state index contributed by atoms with van der Waals surface area (Å²) in [5, 5.41) is 10.4. The molecule has 2 atom stereocenters. The predicted octanol–water partition coefficient (Wildman–Crippen LogP) is 5.86. The molecule has 0 radical (unpaired) electrons. The van der Waals surface area contributed by atoms with Crippen LogP contribution in [0.15, 0.2) is 0 Å². The summed E-state index contributed by atoms with van der Waals surface area (Å²) >= 11 is 0. The molecule has 2 unspecified atom stereocenters. The summed E-state index contributed by atoms with van der Waals surface area (Å²) in [5.74, 6) is 0. The Hall–Kier alpha value is -0.640. The number of unbranched alkanes of at least 4 members (excludes halogenated alkanes) is 13. The van der Waals surface area contributed by atoms with Gasteiger partial charge < -0.3 is 4.74 Å². The van der Waals surface area contributed by atoms with Crippen LogP contribution >= 0.6 is 0 Å². The van der Waals surface area contributed by atoms with Gasteiger partial charge in [-0.3, -0.25) is 10.1 Å². The second-order valence-electron chi connectivity index (χ2n) is 6.74. The first kappa shape index (κ1) is 19.4. The Morgan fingerprint density at radius 3 is 1.55 bits per heavy atom. The highest BCUT2D eigenvalue weighted by atomic mass is 16.7. The zero-order valence-corrected chi connectivity index (χ0v) is 14.4. The number of hydrogen-bond donors (Lipinski definition) is 0. The fraction of sp³-hybridized carbons (Fsp3) is 1.00. The molecule has 4 nitrogen and oxygen atoms in total. The van der Waals surface area contributed by atoms with Crippen molar-refractivity contribution >= 4 is 0 Å². The molecule has 1 rings (SSSR count). The summed E-state index contributed by atoms with van der Waals surface area (Å²) < 4.78 is 4.99. The molecular weight excluding hydrogens is 278 g/mol. The van der Waals surface area contributed by atoms with Crippen molar-refractivity contribution in [2.75, 3.05) is 0 Å². The van der Waals surface area contributed by atoms with Crippen LogP contribution in [0.4, 0.5) is 0 Å². The van der Waals surface area contributed by atoms with Crippen molar-refractivity contribution in [1.29, 1.82) is 0 Å². The van der Waals surface area contributed by atoms with E-state index in [4.69, 9.17) is 4.74 Å². The van der Waals surface area contributed by atoms with Crippen molar-refractivity contribution in [2.45, 2.75) is 116 Å². The van der Waals surface area contributed by atoms with Gasteiger partial charge in [-0.15, -0.1) is 0 Å². The van der Waals surface area contributed by atoms with Crippen molar-refractivity contribution in [3.05, 3.63) is 10.1 Å². The van der Waals surface area contributed by atoms with Gasteiger partial charge in [0, 0.05) is 0 Å². The third-order valence-corrected chi connectivity index (χ3v) is 4.61. The van der Waals surface area contributed by atoms with Crippen LogP contribution in [0.3, 0.4) is 0 Å². The SMILES string of the molecule is CCCCCCCCCCCCCCCCC1OC1[N+](=O)[O-]. The minimum Gasteiger partial charge on any atom is -0.302 e. The molecule has 0 aromatic rings. The first-order chi connectivity index (χ1) is 10.8. The van der Waals surface area contributed by atoms with E-state index in [0.717, 1.165) is 12.8 Å². The minimum atomic E-state index is -0.693. The van der Waals surface area contributed by atoms with E-state index >= 15 is 0 Å². The molecule has 0 bridgehead atoms. The highest BCUT2D eigenvalue weighted by Gasteiger charge is 2.49. The second-order valence-corrected chi connectivity index (χ2v) is 6.74. The molecule has 1 aliphatic rings. The molecular formula is C18H35NO3. The number of epoxide rings is 1. The van der Waals surface area contributed by atoms with Gasteiger partial charge in [-0.1, -0.05) is 96.8 Å². The maximum absolute atomic E-state index is 10.4. The van der Waals surface area contributed by atoms with Crippen molar-refractivity contribution in [1.82, 2.24) is 0 Å². The highest BCUT2D eigenvalue weighted by Crippen LogP contribution is 2.27. The van der Waals surface area contributed by atoms with Crippen LogP contribution in [0.2, 0.25) is 0 Å². The van der Waals surface area contributed by atoms with Crippen LogP contribution in [-0.2, 0) is 4.74 Å². The molecule has 4 heteroatoms. The monoisotopic (exact) mass is 313 g/mol. The molecule has 0 aromatic carbocycles. The summed E-state index contributed by atoms with van der Waals surface area (Å²) in [4.78, 5) is 10.1. The van der Waals surface area contributed by atoms with Gasteiger partial charge in [-0.05, 0) is 6.42 Å². The third kappa shape index (κ3) is 10.1. The number of nitrogens with zero attached hydrogens (tertiary/aromatic N) is 1. The molecule has 1 saturated heterocycles. The molecule has 0 N–H and O–H groups in total. The smallest absolute Gasteiger partial charge is 0.302 e. The molecule has 1 aliphatic heterocycles. The van der Waals surface area contributed by atoms with E-state index < -0.39 is 6.23 Å². The first-order valence-electron chi connectivity index (χ1n) is 9.54. The number of rotatable bonds is 16. The van der Waals surface area contributed by atoms with Crippen LogP contribution in [0.25, 0.3) is 0 Å². The van der Waals surface area contributed by atoms with Crippen LogP contribution in [0.1, 0.15) is 103 Å². The number of ether oxygens (including phenoxy) is 1. The summed E-state index contributed by atoms with van der Waals surface area (Å²) in [6.07, 6.45) is 18.9. The Balaban J connectivity index is 1.68. The molecule has 1 fully saturated rings. The van der Waals surface area contributed by atoms with Gasteiger partial charge in [0.15, 0.2) is 6.10 Å². The quantitative estimate of drug-likeness (QED) is 0.155.